The second-order valence-electron chi connectivity index (χ2n) is 3.57. The average molecular weight is 197 g/mol. The Bertz CT molecular complexity index is 254. The number of nitrogens with one attached hydrogen (secondary N) is 1. The van der Waals surface area contributed by atoms with Crippen molar-refractivity contribution >= 4 is 11.3 Å². The first-order valence-electron chi connectivity index (χ1n) is 4.94. The number of likely N-dealkylation sites (N-methyl/N-ethyl adjacent to an activating group) is 1. The molecule has 0 radical (unpaired) electrons. The highest BCUT2D eigenvalue weighted by Gasteiger charge is 2.15. The molecule has 1 nitrogen and oxygen atoms in total. The highest BCUT2D eigenvalue weighted by Crippen LogP contribution is 2.26. The smallest absolute Gasteiger partial charge is 0.0105 e. The summed E-state index contributed by atoms with van der Waals surface area (Å²) < 4.78 is 0. The van der Waals surface area contributed by atoms with Crippen LogP contribution in [0.3, 0.4) is 0 Å². The number of rotatable bonds is 4. The third-order valence-corrected chi connectivity index (χ3v) is 3.53. The van der Waals surface area contributed by atoms with Crippen LogP contribution in [-0.4, -0.2) is 12.6 Å². The van der Waals surface area contributed by atoms with E-state index in [-0.39, 0.29) is 0 Å². The van der Waals surface area contributed by atoms with Gasteiger partial charge in [-0.2, -0.15) is 0 Å². The lowest BCUT2D eigenvalue weighted by Gasteiger charge is -2.20. The zero-order chi connectivity index (χ0) is 9.84. The van der Waals surface area contributed by atoms with Gasteiger partial charge in [0.1, 0.15) is 0 Å². The molecule has 74 valence electrons. The van der Waals surface area contributed by atoms with Crippen LogP contribution in [-0.2, 0) is 0 Å². The van der Waals surface area contributed by atoms with Gasteiger partial charge in [0.15, 0.2) is 0 Å². The molecule has 1 aromatic heterocycles. The minimum Gasteiger partial charge on any atom is -0.314 e. The van der Waals surface area contributed by atoms with E-state index < -0.39 is 0 Å². The summed E-state index contributed by atoms with van der Waals surface area (Å²) in [5, 5.41) is 5.65. The Balaban J connectivity index is 2.67. The number of hydrogen-bond acceptors (Lipinski definition) is 2. The van der Waals surface area contributed by atoms with Gasteiger partial charge >= 0.3 is 0 Å². The molecule has 0 fully saturated rings. The molecule has 2 heteroatoms. The summed E-state index contributed by atoms with van der Waals surface area (Å²) in [4.78, 5) is 1.46. The van der Waals surface area contributed by atoms with E-state index in [9.17, 15) is 0 Å². The molecule has 0 saturated carbocycles. The van der Waals surface area contributed by atoms with Crippen LogP contribution >= 0.6 is 11.3 Å². The van der Waals surface area contributed by atoms with Crippen molar-refractivity contribution in [2.75, 3.05) is 6.54 Å². The SMILES string of the molecule is CCNC(C)C(C)c1ccsc1C. The molecule has 0 amide bonds. The highest BCUT2D eigenvalue weighted by molar-refractivity contribution is 7.10. The quantitative estimate of drug-likeness (QED) is 0.782. The fourth-order valence-electron chi connectivity index (χ4n) is 1.64. The molecular weight excluding hydrogens is 178 g/mol. The van der Waals surface area contributed by atoms with Crippen molar-refractivity contribution in [2.45, 2.75) is 39.7 Å². The molecule has 13 heavy (non-hydrogen) atoms. The van der Waals surface area contributed by atoms with Gasteiger partial charge in [0, 0.05) is 10.9 Å². The molecule has 2 atom stereocenters. The van der Waals surface area contributed by atoms with Crippen LogP contribution in [0.2, 0.25) is 0 Å². The predicted octanol–water partition coefficient (Wildman–Crippen LogP) is 3.16. The Morgan fingerprint density at radius 2 is 2.15 bits per heavy atom. The Labute approximate surface area is 85.2 Å². The van der Waals surface area contributed by atoms with Gasteiger partial charge in [-0.15, -0.1) is 11.3 Å². The maximum absolute atomic E-state index is 3.47. The monoisotopic (exact) mass is 197 g/mol. The standard InChI is InChI=1S/C11H19NS/c1-5-12-9(3)8(2)11-6-7-13-10(11)4/h6-9,12H,5H2,1-4H3. The first kappa shape index (κ1) is 10.7. The Hall–Kier alpha value is -0.340. The first-order chi connectivity index (χ1) is 6.16. The van der Waals surface area contributed by atoms with Crippen LogP contribution in [0.1, 0.15) is 37.1 Å². The summed E-state index contributed by atoms with van der Waals surface area (Å²) in [6.45, 7) is 9.96. The summed E-state index contributed by atoms with van der Waals surface area (Å²) >= 11 is 1.84. The summed E-state index contributed by atoms with van der Waals surface area (Å²) in [6.07, 6.45) is 0. The molecule has 1 rings (SSSR count). The van der Waals surface area contributed by atoms with Gasteiger partial charge in [-0.25, -0.2) is 0 Å². The molecule has 2 unspecified atom stereocenters. The normalized spacial score (nSPS) is 15.7. The van der Waals surface area contributed by atoms with E-state index >= 15 is 0 Å². The second-order valence-corrected chi connectivity index (χ2v) is 4.69. The lowest BCUT2D eigenvalue weighted by Crippen LogP contribution is -2.30. The molecule has 0 aromatic carbocycles. The second kappa shape index (κ2) is 4.77. The van der Waals surface area contributed by atoms with Gasteiger partial charge in [0.05, 0.1) is 0 Å². The first-order valence-corrected chi connectivity index (χ1v) is 5.82. The van der Waals surface area contributed by atoms with E-state index in [1.807, 2.05) is 11.3 Å². The summed E-state index contributed by atoms with van der Waals surface area (Å²) in [7, 11) is 0. The van der Waals surface area contributed by atoms with Crippen LogP contribution in [0.25, 0.3) is 0 Å². The Morgan fingerprint density at radius 1 is 1.46 bits per heavy atom. The van der Waals surface area contributed by atoms with E-state index in [4.69, 9.17) is 0 Å². The third kappa shape index (κ3) is 2.55. The molecule has 0 spiro atoms. The van der Waals surface area contributed by atoms with Gasteiger partial charge in [-0.3, -0.25) is 0 Å². The highest BCUT2D eigenvalue weighted by atomic mass is 32.1. The van der Waals surface area contributed by atoms with E-state index in [2.05, 4.69) is 44.5 Å². The van der Waals surface area contributed by atoms with Crippen molar-refractivity contribution in [3.63, 3.8) is 0 Å². The summed E-state index contributed by atoms with van der Waals surface area (Å²) in [5.74, 6) is 0.617. The fourth-order valence-corrected chi connectivity index (χ4v) is 2.44. The van der Waals surface area contributed by atoms with Crippen molar-refractivity contribution < 1.29 is 0 Å². The van der Waals surface area contributed by atoms with E-state index in [1.165, 1.54) is 10.4 Å². The van der Waals surface area contributed by atoms with Gasteiger partial charge < -0.3 is 5.32 Å². The van der Waals surface area contributed by atoms with Crippen molar-refractivity contribution in [3.05, 3.63) is 21.9 Å². The van der Waals surface area contributed by atoms with Crippen molar-refractivity contribution in [2.24, 2.45) is 0 Å². The molecule has 1 aromatic rings. The molecule has 0 aliphatic carbocycles. The van der Waals surface area contributed by atoms with Crippen molar-refractivity contribution in [1.29, 1.82) is 0 Å². The predicted molar refractivity (Wildman–Crippen MR) is 60.6 cm³/mol. The summed E-state index contributed by atoms with van der Waals surface area (Å²) in [5.41, 5.74) is 1.50. The summed E-state index contributed by atoms with van der Waals surface area (Å²) in [6, 6.07) is 2.82. The van der Waals surface area contributed by atoms with Gasteiger partial charge in [0.25, 0.3) is 0 Å². The van der Waals surface area contributed by atoms with E-state index in [0.717, 1.165) is 6.54 Å². The zero-order valence-corrected chi connectivity index (χ0v) is 9.74. The van der Waals surface area contributed by atoms with E-state index in [0.29, 0.717) is 12.0 Å². The average Bonchev–Trinajstić information content (AvgIpc) is 2.50. The largest absolute Gasteiger partial charge is 0.314 e. The molecule has 1 heterocycles. The lowest BCUT2D eigenvalue weighted by molar-refractivity contribution is 0.494. The Kier molecular flexibility index (Phi) is 3.94. The molecule has 1 N–H and O–H groups in total. The Morgan fingerprint density at radius 3 is 2.62 bits per heavy atom. The van der Waals surface area contributed by atoms with Crippen LogP contribution in [0.15, 0.2) is 11.4 Å². The molecule has 0 aliphatic heterocycles. The van der Waals surface area contributed by atoms with Crippen LogP contribution < -0.4 is 5.32 Å². The molecular formula is C11H19NS. The maximum atomic E-state index is 3.47. The van der Waals surface area contributed by atoms with Crippen LogP contribution in [0.4, 0.5) is 0 Å². The van der Waals surface area contributed by atoms with Gasteiger partial charge in [0.2, 0.25) is 0 Å². The minimum absolute atomic E-state index is 0.568. The number of hydrogen-bond donors (Lipinski definition) is 1. The minimum atomic E-state index is 0.568. The van der Waals surface area contributed by atoms with Crippen LogP contribution in [0.5, 0.6) is 0 Å². The maximum Gasteiger partial charge on any atom is 0.0105 e. The van der Waals surface area contributed by atoms with Crippen LogP contribution in [0, 0.1) is 6.92 Å². The zero-order valence-electron chi connectivity index (χ0n) is 8.92. The van der Waals surface area contributed by atoms with Crippen molar-refractivity contribution in [1.82, 2.24) is 5.32 Å². The van der Waals surface area contributed by atoms with Crippen molar-refractivity contribution in [3.8, 4) is 0 Å². The number of thiophene rings is 1. The van der Waals surface area contributed by atoms with E-state index in [1.54, 1.807) is 0 Å². The topological polar surface area (TPSA) is 12.0 Å². The number of aryl methyl sites for hydroxylation is 1. The molecule has 0 bridgehead atoms. The van der Waals surface area contributed by atoms with Gasteiger partial charge in [-0.1, -0.05) is 13.8 Å². The molecule has 0 aliphatic rings. The lowest BCUT2D eigenvalue weighted by atomic mass is 9.95. The fraction of sp³-hybridized carbons (Fsp3) is 0.636. The third-order valence-electron chi connectivity index (χ3n) is 2.67. The van der Waals surface area contributed by atoms with Gasteiger partial charge in [-0.05, 0) is 43.3 Å². The molecule has 0 saturated heterocycles.